The summed E-state index contributed by atoms with van der Waals surface area (Å²) in [6, 6.07) is 9.12. The van der Waals surface area contributed by atoms with Gasteiger partial charge in [-0.15, -0.1) is 0 Å². The average Bonchev–Trinajstić information content (AvgIpc) is 2.41. The number of halogens is 3. The first kappa shape index (κ1) is 15.2. The van der Waals surface area contributed by atoms with Gasteiger partial charge in [-0.3, -0.25) is 0 Å². The van der Waals surface area contributed by atoms with Gasteiger partial charge in [0, 0.05) is 5.02 Å². The number of hydrogen-bond donors (Lipinski definition) is 3. The van der Waals surface area contributed by atoms with Gasteiger partial charge >= 0.3 is 0 Å². The van der Waals surface area contributed by atoms with E-state index in [2.05, 4.69) is 15.7 Å². The van der Waals surface area contributed by atoms with Crippen molar-refractivity contribution < 1.29 is 0 Å². The number of hydrogen-bond acceptors (Lipinski definition) is 4. The Morgan fingerprint density at radius 1 is 1.10 bits per heavy atom. The largest absolute Gasteiger partial charge is 0.362 e. The fraction of sp³-hybridized carbons (Fsp3) is 0.154. The predicted molar refractivity (Wildman–Crippen MR) is 85.6 cm³/mol. The molecule has 7 heteroatoms. The third-order valence-corrected chi connectivity index (χ3v) is 3.58. The summed E-state index contributed by atoms with van der Waals surface area (Å²) in [4.78, 5) is 4.23. The fourth-order valence-corrected chi connectivity index (χ4v) is 2.40. The molecule has 0 radical (unpaired) electrons. The second-order valence-electron chi connectivity index (χ2n) is 4.21. The minimum Gasteiger partial charge on any atom is -0.362 e. The number of aromatic nitrogens is 1. The molecule has 0 saturated heterocycles. The quantitative estimate of drug-likeness (QED) is 0.570. The maximum Gasteiger partial charge on any atom is 0.161 e. The second-order valence-corrected chi connectivity index (χ2v) is 5.47. The van der Waals surface area contributed by atoms with Crippen LogP contribution in [0.15, 0.2) is 30.3 Å². The van der Waals surface area contributed by atoms with Crippen molar-refractivity contribution in [3.8, 4) is 0 Å². The molecule has 1 heterocycles. The summed E-state index contributed by atoms with van der Waals surface area (Å²) in [6.45, 7) is 1.98. The van der Waals surface area contributed by atoms with Crippen LogP contribution in [0.4, 0.5) is 11.6 Å². The molecule has 0 amide bonds. The van der Waals surface area contributed by atoms with Crippen LogP contribution in [-0.2, 0) is 0 Å². The van der Waals surface area contributed by atoms with Crippen LogP contribution in [0.2, 0.25) is 15.1 Å². The molecule has 1 aromatic carbocycles. The molecule has 1 atom stereocenters. The predicted octanol–water partition coefficient (Wildman–Crippen LogP) is 4.50. The zero-order valence-corrected chi connectivity index (χ0v) is 12.9. The van der Waals surface area contributed by atoms with E-state index in [1.54, 1.807) is 6.07 Å². The zero-order chi connectivity index (χ0) is 14.7. The summed E-state index contributed by atoms with van der Waals surface area (Å²) >= 11 is 18.0. The molecule has 0 fully saturated rings. The van der Waals surface area contributed by atoms with E-state index in [1.807, 2.05) is 31.2 Å². The highest BCUT2D eigenvalue weighted by Gasteiger charge is 2.12. The summed E-state index contributed by atoms with van der Waals surface area (Å²) in [5.41, 5.74) is 3.44. The maximum atomic E-state index is 6.12. The van der Waals surface area contributed by atoms with Crippen molar-refractivity contribution in [3.63, 3.8) is 0 Å². The van der Waals surface area contributed by atoms with E-state index in [0.29, 0.717) is 26.7 Å². The Hall–Kier alpha value is -1.20. The maximum absolute atomic E-state index is 6.12. The van der Waals surface area contributed by atoms with Crippen LogP contribution in [0.25, 0.3) is 0 Å². The first-order valence-electron chi connectivity index (χ1n) is 5.86. The number of nitrogens with two attached hydrogens (primary N) is 1. The highest BCUT2D eigenvalue weighted by atomic mass is 35.5. The number of anilines is 2. The van der Waals surface area contributed by atoms with E-state index in [4.69, 9.17) is 40.6 Å². The second kappa shape index (κ2) is 6.50. The fourth-order valence-electron chi connectivity index (χ4n) is 1.73. The van der Waals surface area contributed by atoms with Gasteiger partial charge < -0.3 is 10.7 Å². The number of hydrazine groups is 1. The molecule has 2 aromatic rings. The molecule has 4 nitrogen and oxygen atoms in total. The first-order valence-corrected chi connectivity index (χ1v) is 6.99. The van der Waals surface area contributed by atoms with Crippen molar-refractivity contribution in [1.29, 1.82) is 0 Å². The van der Waals surface area contributed by atoms with E-state index in [1.165, 1.54) is 0 Å². The topological polar surface area (TPSA) is 63.0 Å². The lowest BCUT2D eigenvalue weighted by atomic mass is 10.1. The van der Waals surface area contributed by atoms with Crippen LogP contribution in [0.1, 0.15) is 18.5 Å². The molecule has 20 heavy (non-hydrogen) atoms. The molecule has 4 N–H and O–H groups in total. The first-order chi connectivity index (χ1) is 9.51. The number of nitrogens with zero attached hydrogens (tertiary/aromatic N) is 1. The summed E-state index contributed by atoms with van der Waals surface area (Å²) in [7, 11) is 0. The van der Waals surface area contributed by atoms with E-state index in [-0.39, 0.29) is 6.04 Å². The SMILES string of the molecule is CC(Nc1nc(NN)c(Cl)cc1Cl)c1cccc(Cl)c1. The zero-order valence-electron chi connectivity index (χ0n) is 10.6. The van der Waals surface area contributed by atoms with Crippen molar-refractivity contribution >= 4 is 46.4 Å². The van der Waals surface area contributed by atoms with E-state index < -0.39 is 0 Å². The van der Waals surface area contributed by atoms with Gasteiger partial charge in [-0.2, -0.15) is 0 Å². The van der Waals surface area contributed by atoms with Crippen LogP contribution < -0.4 is 16.6 Å². The molecule has 0 aliphatic heterocycles. The van der Waals surface area contributed by atoms with Gasteiger partial charge in [0.2, 0.25) is 0 Å². The van der Waals surface area contributed by atoms with Crippen LogP contribution in [0.5, 0.6) is 0 Å². The average molecular weight is 332 g/mol. The summed E-state index contributed by atoms with van der Waals surface area (Å²) in [5, 5.41) is 4.66. The Labute approximate surface area is 132 Å². The smallest absolute Gasteiger partial charge is 0.161 e. The molecule has 0 spiro atoms. The third-order valence-electron chi connectivity index (χ3n) is 2.77. The van der Waals surface area contributed by atoms with Gasteiger partial charge in [-0.25, -0.2) is 10.8 Å². The Kier molecular flexibility index (Phi) is 4.94. The number of nitrogen functional groups attached to an aromatic ring is 1. The van der Waals surface area contributed by atoms with Crippen LogP contribution >= 0.6 is 34.8 Å². The van der Waals surface area contributed by atoms with E-state index in [9.17, 15) is 0 Å². The van der Waals surface area contributed by atoms with Crippen molar-refractivity contribution in [2.75, 3.05) is 10.7 Å². The molecule has 0 aliphatic rings. The molecule has 0 aliphatic carbocycles. The van der Waals surface area contributed by atoms with E-state index >= 15 is 0 Å². The number of rotatable bonds is 4. The molecular weight excluding hydrogens is 319 g/mol. The Morgan fingerprint density at radius 2 is 1.80 bits per heavy atom. The lowest BCUT2D eigenvalue weighted by Crippen LogP contribution is -2.13. The third kappa shape index (κ3) is 3.46. The molecule has 0 saturated carbocycles. The molecule has 2 rings (SSSR count). The molecular formula is C13H13Cl3N4. The van der Waals surface area contributed by atoms with Crippen LogP contribution in [0.3, 0.4) is 0 Å². The van der Waals surface area contributed by atoms with Gasteiger partial charge in [-0.05, 0) is 30.7 Å². The minimum atomic E-state index is -0.0227. The Morgan fingerprint density at radius 3 is 2.45 bits per heavy atom. The van der Waals surface area contributed by atoms with Crippen molar-refractivity contribution in [1.82, 2.24) is 4.98 Å². The van der Waals surface area contributed by atoms with Crippen molar-refractivity contribution in [2.45, 2.75) is 13.0 Å². The summed E-state index contributed by atoms with van der Waals surface area (Å²) < 4.78 is 0. The molecule has 106 valence electrons. The highest BCUT2D eigenvalue weighted by molar-refractivity contribution is 6.37. The number of benzene rings is 1. The molecule has 0 bridgehead atoms. The number of pyridine rings is 1. The lowest BCUT2D eigenvalue weighted by Gasteiger charge is -2.17. The number of nitrogens with one attached hydrogen (secondary N) is 2. The van der Waals surface area contributed by atoms with Crippen molar-refractivity contribution in [3.05, 3.63) is 51.0 Å². The minimum absolute atomic E-state index is 0.0227. The monoisotopic (exact) mass is 330 g/mol. The van der Waals surface area contributed by atoms with Crippen molar-refractivity contribution in [2.24, 2.45) is 5.84 Å². The van der Waals surface area contributed by atoms with Gasteiger partial charge in [0.25, 0.3) is 0 Å². The highest BCUT2D eigenvalue weighted by Crippen LogP contribution is 2.31. The van der Waals surface area contributed by atoms with Crippen LogP contribution in [0, 0.1) is 0 Å². The molecule has 1 aromatic heterocycles. The van der Waals surface area contributed by atoms with Crippen LogP contribution in [-0.4, -0.2) is 4.98 Å². The van der Waals surface area contributed by atoms with Gasteiger partial charge in [0.15, 0.2) is 5.82 Å². The van der Waals surface area contributed by atoms with Gasteiger partial charge in [0.1, 0.15) is 5.82 Å². The van der Waals surface area contributed by atoms with E-state index in [0.717, 1.165) is 5.56 Å². The Bertz CT molecular complexity index is 619. The summed E-state index contributed by atoms with van der Waals surface area (Å²) in [5.74, 6) is 6.20. The van der Waals surface area contributed by atoms with Gasteiger partial charge in [-0.1, -0.05) is 46.9 Å². The lowest BCUT2D eigenvalue weighted by molar-refractivity contribution is 0.875. The summed E-state index contributed by atoms with van der Waals surface area (Å²) in [6.07, 6.45) is 0. The Balaban J connectivity index is 2.25. The van der Waals surface area contributed by atoms with Gasteiger partial charge in [0.05, 0.1) is 16.1 Å². The molecule has 1 unspecified atom stereocenters. The normalized spacial score (nSPS) is 12.1. The standard InChI is InChI=1S/C13H13Cl3N4/c1-7(8-3-2-4-9(14)5-8)18-12-10(15)6-11(16)13(19-12)20-17/h2-7H,17H2,1H3,(H2,18,19,20).